The van der Waals surface area contributed by atoms with E-state index in [0.29, 0.717) is 5.06 Å². The van der Waals surface area contributed by atoms with Crippen LogP contribution in [0.4, 0.5) is 0 Å². The van der Waals surface area contributed by atoms with E-state index in [4.69, 9.17) is 4.74 Å². The summed E-state index contributed by atoms with van der Waals surface area (Å²) in [5.74, 6) is -0.428. The van der Waals surface area contributed by atoms with Crippen LogP contribution in [0.5, 0.6) is 5.06 Å². The quantitative estimate of drug-likeness (QED) is 0.606. The molecular formula is C14H12O2S. The maximum atomic E-state index is 11.1. The molecule has 0 aliphatic rings. The molecule has 0 bridgehead atoms. The number of carbonyl (C=O) groups is 1. The van der Waals surface area contributed by atoms with Gasteiger partial charge in [0.2, 0.25) is 0 Å². The molecule has 17 heavy (non-hydrogen) atoms. The van der Waals surface area contributed by atoms with Crippen molar-refractivity contribution in [3.63, 3.8) is 0 Å². The van der Waals surface area contributed by atoms with E-state index in [9.17, 15) is 4.79 Å². The van der Waals surface area contributed by atoms with E-state index in [2.05, 4.69) is 25.6 Å². The predicted octanol–water partition coefficient (Wildman–Crippen LogP) is 3.81. The summed E-state index contributed by atoms with van der Waals surface area (Å²) in [6, 6.07) is 11.9. The smallest absolute Gasteiger partial charge is 0.336 e. The van der Waals surface area contributed by atoms with E-state index in [1.807, 2.05) is 18.2 Å². The van der Waals surface area contributed by atoms with Crippen LogP contribution in [0.1, 0.15) is 5.56 Å². The molecule has 0 N–H and O–H groups in total. The molecule has 0 aliphatic heterocycles. The van der Waals surface area contributed by atoms with Gasteiger partial charge in [-0.2, -0.15) is 0 Å². The van der Waals surface area contributed by atoms with Crippen LogP contribution in [0.3, 0.4) is 0 Å². The average Bonchev–Trinajstić information content (AvgIpc) is 2.78. The fraction of sp³-hybridized carbons (Fsp3) is 0.0714. The lowest BCUT2D eigenvalue weighted by Crippen LogP contribution is -2.00. The second-order valence-corrected chi connectivity index (χ2v) is 4.61. The van der Waals surface area contributed by atoms with Crippen molar-refractivity contribution in [1.82, 2.24) is 0 Å². The second-order valence-electron chi connectivity index (χ2n) is 3.56. The van der Waals surface area contributed by atoms with Crippen LogP contribution in [-0.4, -0.2) is 5.97 Å². The Kier molecular flexibility index (Phi) is 3.40. The number of carbonyl (C=O) groups excluding carboxylic acids is 1. The van der Waals surface area contributed by atoms with Crippen LogP contribution in [-0.2, 0) is 4.79 Å². The van der Waals surface area contributed by atoms with Gasteiger partial charge in [-0.1, -0.05) is 42.2 Å². The van der Waals surface area contributed by atoms with Gasteiger partial charge in [-0.25, -0.2) is 4.79 Å². The minimum atomic E-state index is -0.428. The molecule has 2 aromatic rings. The maximum Gasteiger partial charge on any atom is 0.336 e. The number of ether oxygens (including phenoxy) is 1. The van der Waals surface area contributed by atoms with Crippen molar-refractivity contribution >= 4 is 17.3 Å². The Morgan fingerprint density at radius 3 is 2.76 bits per heavy atom. The zero-order valence-corrected chi connectivity index (χ0v) is 10.3. The molecule has 0 unspecified atom stereocenters. The minimum absolute atomic E-state index is 0.428. The third kappa shape index (κ3) is 2.63. The maximum absolute atomic E-state index is 11.1. The van der Waals surface area contributed by atoms with Gasteiger partial charge < -0.3 is 4.74 Å². The standard InChI is InChI=1S/C14H12O2S/c1-3-13(15)16-14-9-8-12(17-14)11-7-5-4-6-10(11)2/h3-9H,1H2,2H3. The molecule has 0 atom stereocenters. The first-order valence-corrected chi connectivity index (χ1v) is 6.02. The molecule has 0 fully saturated rings. The van der Waals surface area contributed by atoms with E-state index in [-0.39, 0.29) is 0 Å². The lowest BCUT2D eigenvalue weighted by atomic mass is 10.1. The van der Waals surface area contributed by atoms with Crippen molar-refractivity contribution in [1.29, 1.82) is 0 Å². The van der Waals surface area contributed by atoms with Gasteiger partial charge in [0.15, 0.2) is 5.06 Å². The Hall–Kier alpha value is -1.87. The highest BCUT2D eigenvalue weighted by Gasteiger charge is 2.07. The molecule has 1 aromatic carbocycles. The van der Waals surface area contributed by atoms with Crippen molar-refractivity contribution in [2.75, 3.05) is 0 Å². The topological polar surface area (TPSA) is 26.3 Å². The van der Waals surface area contributed by atoms with E-state index in [0.717, 1.165) is 11.0 Å². The Bertz CT molecular complexity index is 555. The summed E-state index contributed by atoms with van der Waals surface area (Å²) in [4.78, 5) is 12.2. The van der Waals surface area contributed by atoms with Crippen LogP contribution in [0.25, 0.3) is 10.4 Å². The minimum Gasteiger partial charge on any atom is -0.412 e. The first-order valence-electron chi connectivity index (χ1n) is 5.21. The van der Waals surface area contributed by atoms with E-state index in [1.54, 1.807) is 6.07 Å². The SMILES string of the molecule is C=CC(=O)Oc1ccc(-c2ccccc2C)s1. The number of hydrogen-bond donors (Lipinski definition) is 0. The Morgan fingerprint density at radius 1 is 1.29 bits per heavy atom. The number of rotatable bonds is 3. The molecular weight excluding hydrogens is 232 g/mol. The van der Waals surface area contributed by atoms with Crippen molar-refractivity contribution in [3.05, 3.63) is 54.6 Å². The zero-order chi connectivity index (χ0) is 12.3. The Balaban J connectivity index is 2.27. The molecule has 0 spiro atoms. The van der Waals surface area contributed by atoms with Gasteiger partial charge in [0.05, 0.1) is 0 Å². The lowest BCUT2D eigenvalue weighted by Gasteiger charge is -2.01. The van der Waals surface area contributed by atoms with Gasteiger partial charge >= 0.3 is 5.97 Å². The third-order valence-electron chi connectivity index (χ3n) is 2.36. The fourth-order valence-electron chi connectivity index (χ4n) is 1.51. The molecule has 3 heteroatoms. The summed E-state index contributed by atoms with van der Waals surface area (Å²) >= 11 is 1.45. The van der Waals surface area contributed by atoms with Crippen molar-refractivity contribution in [2.24, 2.45) is 0 Å². The third-order valence-corrected chi connectivity index (χ3v) is 3.36. The number of aryl methyl sites for hydroxylation is 1. The summed E-state index contributed by atoms with van der Waals surface area (Å²) in [5.41, 5.74) is 2.37. The number of esters is 1. The largest absolute Gasteiger partial charge is 0.412 e. The highest BCUT2D eigenvalue weighted by atomic mass is 32.1. The van der Waals surface area contributed by atoms with Crippen LogP contribution in [0.15, 0.2) is 49.1 Å². The lowest BCUT2D eigenvalue weighted by molar-refractivity contribution is -0.128. The first-order chi connectivity index (χ1) is 8.20. The highest BCUT2D eigenvalue weighted by Crippen LogP contribution is 2.34. The van der Waals surface area contributed by atoms with Gasteiger partial charge in [0.25, 0.3) is 0 Å². The van der Waals surface area contributed by atoms with Crippen LogP contribution in [0, 0.1) is 6.92 Å². The summed E-state index contributed by atoms with van der Waals surface area (Å²) in [6.45, 7) is 5.43. The summed E-state index contributed by atoms with van der Waals surface area (Å²) in [6.07, 6.45) is 1.16. The molecule has 86 valence electrons. The molecule has 0 saturated carbocycles. The average molecular weight is 244 g/mol. The van der Waals surface area contributed by atoms with Gasteiger partial charge in [-0.15, -0.1) is 0 Å². The molecule has 0 saturated heterocycles. The highest BCUT2D eigenvalue weighted by molar-refractivity contribution is 7.17. The number of thiophene rings is 1. The fourth-order valence-corrected chi connectivity index (χ4v) is 2.46. The molecule has 0 radical (unpaired) electrons. The van der Waals surface area contributed by atoms with Gasteiger partial charge in [0, 0.05) is 11.0 Å². The van der Waals surface area contributed by atoms with Crippen molar-refractivity contribution in [2.45, 2.75) is 6.92 Å². The second kappa shape index (κ2) is 4.97. The molecule has 0 aliphatic carbocycles. The normalized spacial score (nSPS) is 9.94. The summed E-state index contributed by atoms with van der Waals surface area (Å²) in [5, 5.41) is 0.591. The molecule has 1 heterocycles. The summed E-state index contributed by atoms with van der Waals surface area (Å²) < 4.78 is 5.07. The van der Waals surface area contributed by atoms with Crippen LogP contribution < -0.4 is 4.74 Å². The molecule has 2 rings (SSSR count). The van der Waals surface area contributed by atoms with Gasteiger partial charge in [0.1, 0.15) is 0 Å². The molecule has 2 nitrogen and oxygen atoms in total. The summed E-state index contributed by atoms with van der Waals surface area (Å²) in [7, 11) is 0. The number of benzene rings is 1. The van der Waals surface area contributed by atoms with Crippen molar-refractivity contribution < 1.29 is 9.53 Å². The van der Waals surface area contributed by atoms with Crippen LogP contribution >= 0.6 is 11.3 Å². The van der Waals surface area contributed by atoms with Crippen molar-refractivity contribution in [3.8, 4) is 15.5 Å². The van der Waals surface area contributed by atoms with E-state index < -0.39 is 5.97 Å². The Morgan fingerprint density at radius 2 is 2.06 bits per heavy atom. The van der Waals surface area contributed by atoms with E-state index >= 15 is 0 Å². The molecule has 1 aromatic heterocycles. The Labute approximate surface area is 104 Å². The van der Waals surface area contributed by atoms with Gasteiger partial charge in [-0.05, 0) is 30.2 Å². The first kappa shape index (κ1) is 11.6. The monoisotopic (exact) mass is 244 g/mol. The number of hydrogen-bond acceptors (Lipinski definition) is 3. The predicted molar refractivity (Wildman–Crippen MR) is 70.3 cm³/mol. The molecule has 0 amide bonds. The van der Waals surface area contributed by atoms with E-state index in [1.165, 1.54) is 22.5 Å². The van der Waals surface area contributed by atoms with Gasteiger partial charge in [-0.3, -0.25) is 0 Å². The zero-order valence-electron chi connectivity index (χ0n) is 9.47. The van der Waals surface area contributed by atoms with Crippen LogP contribution in [0.2, 0.25) is 0 Å².